The van der Waals surface area contributed by atoms with Gasteiger partial charge in [0, 0.05) is 24.2 Å². The van der Waals surface area contributed by atoms with Crippen molar-refractivity contribution in [1.82, 2.24) is 9.62 Å². The maximum Gasteiger partial charge on any atom is 0.241 e. The highest BCUT2D eigenvalue weighted by Gasteiger charge is 2.32. The van der Waals surface area contributed by atoms with Crippen molar-refractivity contribution >= 4 is 33.4 Å². The molecule has 1 fully saturated rings. The molecule has 9 nitrogen and oxygen atoms in total. The summed E-state index contributed by atoms with van der Waals surface area (Å²) in [5, 5.41) is 8.20. The molecule has 11 heteroatoms. The highest BCUT2D eigenvalue weighted by atomic mass is 35.5. The van der Waals surface area contributed by atoms with Crippen molar-refractivity contribution < 1.29 is 17.9 Å². The molecule has 0 saturated carbocycles. The van der Waals surface area contributed by atoms with Gasteiger partial charge in [-0.05, 0) is 92.6 Å². The molecule has 0 radical (unpaired) electrons. The Bertz CT molecular complexity index is 1520. The second-order valence-corrected chi connectivity index (χ2v) is 12.6. The van der Waals surface area contributed by atoms with Gasteiger partial charge >= 0.3 is 0 Å². The van der Waals surface area contributed by atoms with E-state index in [0.29, 0.717) is 65.2 Å². The van der Waals surface area contributed by atoms with E-state index in [1.54, 1.807) is 65.6 Å². The van der Waals surface area contributed by atoms with Gasteiger partial charge in [-0.25, -0.2) is 8.42 Å². The minimum Gasteiger partial charge on any atom is -0.494 e. The number of benzene rings is 3. The number of nitrogens with zero attached hydrogens (tertiary/aromatic N) is 1. The van der Waals surface area contributed by atoms with Crippen LogP contribution in [0.4, 0.5) is 0 Å². The van der Waals surface area contributed by atoms with Crippen LogP contribution in [-0.2, 0) is 21.2 Å². The van der Waals surface area contributed by atoms with E-state index < -0.39 is 16.1 Å². The van der Waals surface area contributed by atoms with E-state index in [4.69, 9.17) is 33.2 Å². The minimum absolute atomic E-state index is 0.0156. The van der Waals surface area contributed by atoms with E-state index >= 15 is 0 Å². The first-order chi connectivity index (χ1) is 20.1. The lowest BCUT2D eigenvalue weighted by molar-refractivity contribution is -0.134. The number of nitrogens with two attached hydrogens (primary N) is 2. The number of piperidine rings is 1. The Morgan fingerprint density at radius 3 is 2.52 bits per heavy atom. The summed E-state index contributed by atoms with van der Waals surface area (Å²) >= 11 is 6.51. The van der Waals surface area contributed by atoms with Crippen LogP contribution in [-0.4, -0.2) is 57.3 Å². The topological polar surface area (TPSA) is 152 Å². The van der Waals surface area contributed by atoms with E-state index in [-0.39, 0.29) is 23.1 Å². The van der Waals surface area contributed by atoms with Crippen LogP contribution in [0.3, 0.4) is 0 Å². The smallest absolute Gasteiger partial charge is 0.241 e. The molecule has 1 saturated heterocycles. The quantitative estimate of drug-likeness (QED) is 0.178. The zero-order valence-corrected chi connectivity index (χ0v) is 25.3. The Labute approximate surface area is 252 Å². The van der Waals surface area contributed by atoms with Crippen LogP contribution in [0.1, 0.15) is 37.3 Å². The van der Waals surface area contributed by atoms with Gasteiger partial charge in [-0.2, -0.15) is 4.72 Å². The number of ether oxygens (including phenoxy) is 1. The molecule has 3 aromatic rings. The molecule has 0 unspecified atom stereocenters. The average molecular weight is 612 g/mol. The van der Waals surface area contributed by atoms with Crippen LogP contribution in [0.15, 0.2) is 71.6 Å². The molecular formula is C31H38ClN5O4S. The number of rotatable bonds is 12. The van der Waals surface area contributed by atoms with E-state index in [1.165, 1.54) is 6.07 Å². The van der Waals surface area contributed by atoms with Gasteiger partial charge in [-0.1, -0.05) is 41.9 Å². The first-order valence-corrected chi connectivity index (χ1v) is 15.9. The van der Waals surface area contributed by atoms with Crippen molar-refractivity contribution in [2.24, 2.45) is 17.4 Å². The number of amidine groups is 1. The molecule has 0 spiro atoms. The molecule has 1 amide bonds. The summed E-state index contributed by atoms with van der Waals surface area (Å²) in [5.41, 5.74) is 13.9. The Morgan fingerprint density at radius 2 is 1.86 bits per heavy atom. The lowest BCUT2D eigenvalue weighted by atomic mass is 9.93. The van der Waals surface area contributed by atoms with Crippen molar-refractivity contribution in [3.05, 3.63) is 82.9 Å². The van der Waals surface area contributed by atoms with Gasteiger partial charge in [0.2, 0.25) is 15.9 Å². The van der Waals surface area contributed by atoms with E-state index in [9.17, 15) is 13.2 Å². The second kappa shape index (κ2) is 14.2. The monoisotopic (exact) mass is 611 g/mol. The highest BCUT2D eigenvalue weighted by molar-refractivity contribution is 7.89. The molecule has 1 aliphatic heterocycles. The van der Waals surface area contributed by atoms with Crippen molar-refractivity contribution in [3.63, 3.8) is 0 Å². The van der Waals surface area contributed by atoms with Crippen molar-refractivity contribution in [2.75, 3.05) is 26.2 Å². The van der Waals surface area contributed by atoms with Gasteiger partial charge in [0.25, 0.3) is 0 Å². The van der Waals surface area contributed by atoms with Gasteiger partial charge in [0.15, 0.2) is 0 Å². The molecule has 42 heavy (non-hydrogen) atoms. The number of carbonyl (C=O) groups is 1. The number of sulfonamides is 1. The largest absolute Gasteiger partial charge is 0.494 e. The summed E-state index contributed by atoms with van der Waals surface area (Å²) in [6.45, 7) is 4.07. The zero-order chi connectivity index (χ0) is 30.3. The zero-order valence-electron chi connectivity index (χ0n) is 23.7. The maximum absolute atomic E-state index is 13.8. The van der Waals surface area contributed by atoms with Gasteiger partial charge in [-0.15, -0.1) is 0 Å². The standard InChI is InChI=1S/C31H38ClN5O4S/c1-2-41-25-9-10-27(28(32)20-25)23-6-4-8-26(19-23)42(39,40)36-29(18-22-5-3-7-24(17-22)30(34)35)31(38)37-15-12-21(11-14-33)13-16-37/h3-10,17,19-21,29,36H,2,11-16,18,33H2,1H3,(H3,34,35)/t29-/m0/s1. The average Bonchev–Trinajstić information content (AvgIpc) is 2.97. The summed E-state index contributed by atoms with van der Waals surface area (Å²) in [6.07, 6.45) is 2.66. The fourth-order valence-electron chi connectivity index (χ4n) is 5.25. The van der Waals surface area contributed by atoms with Gasteiger partial charge in [0.05, 0.1) is 16.5 Å². The van der Waals surface area contributed by atoms with Gasteiger partial charge < -0.3 is 21.1 Å². The van der Waals surface area contributed by atoms with Crippen molar-refractivity contribution in [3.8, 4) is 16.9 Å². The molecule has 224 valence electrons. The number of carbonyl (C=O) groups excluding carboxylic acids is 1. The predicted octanol–water partition coefficient (Wildman–Crippen LogP) is 4.17. The van der Waals surface area contributed by atoms with Crippen molar-refractivity contribution in [1.29, 1.82) is 5.41 Å². The summed E-state index contributed by atoms with van der Waals surface area (Å²) in [6, 6.07) is 17.6. The fraction of sp³-hybridized carbons (Fsp3) is 0.355. The Balaban J connectivity index is 1.61. The van der Waals surface area contributed by atoms with E-state index in [2.05, 4.69) is 4.72 Å². The van der Waals surface area contributed by atoms with Gasteiger partial charge in [-0.3, -0.25) is 10.2 Å². The van der Waals surface area contributed by atoms with Crippen molar-refractivity contribution in [2.45, 2.75) is 43.5 Å². The molecule has 6 N–H and O–H groups in total. The van der Waals surface area contributed by atoms with Crippen LogP contribution < -0.4 is 20.9 Å². The number of hydrogen-bond acceptors (Lipinski definition) is 6. The summed E-state index contributed by atoms with van der Waals surface area (Å²) in [7, 11) is -4.12. The number of amides is 1. The number of nitrogen functional groups attached to an aromatic ring is 1. The third kappa shape index (κ3) is 7.89. The highest BCUT2D eigenvalue weighted by Crippen LogP contribution is 2.32. The number of nitrogens with one attached hydrogen (secondary N) is 2. The predicted molar refractivity (Wildman–Crippen MR) is 166 cm³/mol. The van der Waals surface area contributed by atoms with Crippen LogP contribution in [0.2, 0.25) is 5.02 Å². The fourth-order valence-corrected chi connectivity index (χ4v) is 6.77. The van der Waals surface area contributed by atoms with E-state index in [1.807, 2.05) is 6.92 Å². The first-order valence-electron chi connectivity index (χ1n) is 14.1. The van der Waals surface area contributed by atoms with Gasteiger partial charge in [0.1, 0.15) is 17.6 Å². The molecule has 3 aromatic carbocycles. The number of halogens is 1. The third-order valence-electron chi connectivity index (χ3n) is 7.48. The third-order valence-corrected chi connectivity index (χ3v) is 9.26. The summed E-state index contributed by atoms with van der Waals surface area (Å²) in [4.78, 5) is 15.5. The molecule has 4 rings (SSSR count). The lowest BCUT2D eigenvalue weighted by Crippen LogP contribution is -2.51. The normalized spacial score (nSPS) is 14.9. The SMILES string of the molecule is CCOc1ccc(-c2cccc(S(=O)(=O)N[C@@H](Cc3cccc(C(=N)N)c3)C(=O)N3CCC(CCN)CC3)c2)c(Cl)c1. The first kappa shape index (κ1) is 31.5. The summed E-state index contributed by atoms with van der Waals surface area (Å²) in [5.74, 6) is 0.688. The number of likely N-dealkylation sites (tertiary alicyclic amines) is 1. The summed E-state index contributed by atoms with van der Waals surface area (Å²) < 4.78 is 35.7. The van der Waals surface area contributed by atoms with Crippen LogP contribution in [0, 0.1) is 11.3 Å². The number of hydrogen-bond donors (Lipinski definition) is 4. The molecule has 1 aliphatic rings. The lowest BCUT2D eigenvalue weighted by Gasteiger charge is -2.34. The van der Waals surface area contributed by atoms with Crippen LogP contribution >= 0.6 is 11.6 Å². The Morgan fingerprint density at radius 1 is 1.12 bits per heavy atom. The van der Waals surface area contributed by atoms with Crippen LogP contribution in [0.5, 0.6) is 5.75 Å². The molecule has 1 heterocycles. The van der Waals surface area contributed by atoms with Crippen LogP contribution in [0.25, 0.3) is 11.1 Å². The van der Waals surface area contributed by atoms with E-state index in [0.717, 1.165) is 19.3 Å². The second-order valence-electron chi connectivity index (χ2n) is 10.4. The molecule has 0 aromatic heterocycles. The molecule has 1 atom stereocenters. The molecule has 0 aliphatic carbocycles. The molecular weight excluding hydrogens is 574 g/mol. The minimum atomic E-state index is -4.12. The molecule has 0 bridgehead atoms. The Kier molecular flexibility index (Phi) is 10.6. The maximum atomic E-state index is 13.8. The Hall–Kier alpha value is -3.44.